The zero-order valence-corrected chi connectivity index (χ0v) is 13.5. The van der Waals surface area contributed by atoms with Crippen LogP contribution in [0.2, 0.25) is 0 Å². The number of hydrogen-bond acceptors (Lipinski definition) is 5. The van der Waals surface area contributed by atoms with E-state index >= 15 is 0 Å². The first kappa shape index (κ1) is 17.0. The van der Waals surface area contributed by atoms with Gasteiger partial charge >= 0.3 is 5.97 Å². The van der Waals surface area contributed by atoms with Crippen LogP contribution in [0.15, 0.2) is 30.5 Å². The third-order valence-corrected chi connectivity index (χ3v) is 4.30. The summed E-state index contributed by atoms with van der Waals surface area (Å²) < 4.78 is 32.1. The lowest BCUT2D eigenvalue weighted by atomic mass is 10.1. The minimum Gasteiger partial charge on any atom is -0.478 e. The standard InChI is InChI=1S/C14H17N3O5S/c1-17-9-12(14(18)19)13(15-17)10-3-5-11(6-4-10)16-23(20,21)8-7-22-2/h3-6,9,16H,7-8H2,1-2H3,(H,18,19). The summed E-state index contributed by atoms with van der Waals surface area (Å²) in [6.45, 7) is 0.101. The van der Waals surface area contributed by atoms with Crippen LogP contribution in [0.5, 0.6) is 0 Å². The predicted molar refractivity (Wildman–Crippen MR) is 84.9 cm³/mol. The van der Waals surface area contributed by atoms with Crippen molar-refractivity contribution in [3.63, 3.8) is 0 Å². The first-order chi connectivity index (χ1) is 10.8. The van der Waals surface area contributed by atoms with E-state index in [1.807, 2.05) is 0 Å². The summed E-state index contributed by atoms with van der Waals surface area (Å²) in [4.78, 5) is 11.2. The molecule has 0 unspecified atom stereocenters. The molecule has 0 spiro atoms. The average molecular weight is 339 g/mol. The fourth-order valence-corrected chi connectivity index (χ4v) is 2.96. The van der Waals surface area contributed by atoms with Crippen LogP contribution in [0.1, 0.15) is 10.4 Å². The molecule has 1 aromatic heterocycles. The fourth-order valence-electron chi connectivity index (χ4n) is 1.98. The Morgan fingerprint density at radius 2 is 2.00 bits per heavy atom. The third kappa shape index (κ3) is 4.30. The molecule has 0 atom stereocenters. The van der Waals surface area contributed by atoms with Crippen molar-refractivity contribution in [2.45, 2.75) is 0 Å². The minimum absolute atomic E-state index is 0.0842. The number of nitrogens with one attached hydrogen (secondary N) is 1. The van der Waals surface area contributed by atoms with Crippen molar-refractivity contribution in [2.75, 3.05) is 24.2 Å². The minimum atomic E-state index is -3.48. The van der Waals surface area contributed by atoms with Crippen molar-refractivity contribution in [2.24, 2.45) is 7.05 Å². The molecular weight excluding hydrogens is 322 g/mol. The van der Waals surface area contributed by atoms with Crippen molar-refractivity contribution in [3.8, 4) is 11.3 Å². The van der Waals surface area contributed by atoms with Gasteiger partial charge in [-0.3, -0.25) is 9.40 Å². The van der Waals surface area contributed by atoms with Gasteiger partial charge in [0.05, 0.1) is 12.4 Å². The lowest BCUT2D eigenvalue weighted by Gasteiger charge is -2.08. The molecular formula is C14H17N3O5S. The molecule has 1 heterocycles. The number of carbonyl (C=O) groups is 1. The number of nitrogens with zero attached hydrogens (tertiary/aromatic N) is 2. The molecule has 0 saturated carbocycles. The maximum absolute atomic E-state index is 11.8. The summed E-state index contributed by atoms with van der Waals surface area (Å²) in [6.07, 6.45) is 1.42. The van der Waals surface area contributed by atoms with Gasteiger partial charge in [0.2, 0.25) is 10.0 Å². The van der Waals surface area contributed by atoms with Gasteiger partial charge in [-0.15, -0.1) is 0 Å². The predicted octanol–water partition coefficient (Wildman–Crippen LogP) is 1.17. The summed E-state index contributed by atoms with van der Waals surface area (Å²) in [7, 11) is -0.420. The summed E-state index contributed by atoms with van der Waals surface area (Å²) in [5.41, 5.74) is 1.38. The zero-order chi connectivity index (χ0) is 17.0. The molecule has 0 fully saturated rings. The molecule has 0 aliphatic heterocycles. The van der Waals surface area contributed by atoms with Gasteiger partial charge in [0.15, 0.2) is 0 Å². The van der Waals surface area contributed by atoms with Crippen LogP contribution in [0.3, 0.4) is 0 Å². The summed E-state index contributed by atoms with van der Waals surface area (Å²) in [5, 5.41) is 13.3. The lowest BCUT2D eigenvalue weighted by Crippen LogP contribution is -2.19. The molecule has 2 rings (SSSR count). The molecule has 0 aliphatic rings. The van der Waals surface area contributed by atoms with Crippen LogP contribution < -0.4 is 4.72 Å². The molecule has 2 aromatic rings. The highest BCUT2D eigenvalue weighted by Crippen LogP contribution is 2.24. The Labute approximate surface area is 133 Å². The Hall–Kier alpha value is -2.39. The van der Waals surface area contributed by atoms with Gasteiger partial charge in [0.1, 0.15) is 11.3 Å². The van der Waals surface area contributed by atoms with E-state index in [-0.39, 0.29) is 17.9 Å². The number of anilines is 1. The van der Waals surface area contributed by atoms with E-state index in [9.17, 15) is 18.3 Å². The molecule has 0 saturated heterocycles. The smallest absolute Gasteiger partial charge is 0.339 e. The Morgan fingerprint density at radius 1 is 1.35 bits per heavy atom. The number of aromatic nitrogens is 2. The summed E-state index contributed by atoms with van der Waals surface area (Å²) in [6, 6.07) is 6.34. The topological polar surface area (TPSA) is 111 Å². The zero-order valence-electron chi connectivity index (χ0n) is 12.7. The molecule has 9 heteroatoms. The fraction of sp³-hybridized carbons (Fsp3) is 0.286. The second-order valence-corrected chi connectivity index (χ2v) is 6.70. The van der Waals surface area contributed by atoms with Crippen molar-refractivity contribution in [3.05, 3.63) is 36.0 Å². The normalized spacial score (nSPS) is 11.4. The highest BCUT2D eigenvalue weighted by Gasteiger charge is 2.16. The van der Waals surface area contributed by atoms with E-state index in [0.717, 1.165) is 0 Å². The molecule has 23 heavy (non-hydrogen) atoms. The maximum atomic E-state index is 11.8. The number of aromatic carboxylic acids is 1. The van der Waals surface area contributed by atoms with Crippen LogP contribution in [0.4, 0.5) is 5.69 Å². The Balaban J connectivity index is 2.22. The highest BCUT2D eigenvalue weighted by atomic mass is 32.2. The second-order valence-electron chi connectivity index (χ2n) is 4.86. The van der Waals surface area contributed by atoms with Crippen molar-refractivity contribution >= 4 is 21.7 Å². The van der Waals surface area contributed by atoms with Crippen molar-refractivity contribution in [1.29, 1.82) is 0 Å². The Bertz CT molecular complexity index is 796. The van der Waals surface area contributed by atoms with Crippen molar-refractivity contribution in [1.82, 2.24) is 9.78 Å². The number of carboxylic acid groups (broad SMARTS) is 1. The number of hydrogen-bond donors (Lipinski definition) is 2. The first-order valence-electron chi connectivity index (χ1n) is 6.69. The number of benzene rings is 1. The van der Waals surface area contributed by atoms with Crippen LogP contribution >= 0.6 is 0 Å². The SMILES string of the molecule is COCCS(=O)(=O)Nc1ccc(-c2nn(C)cc2C(=O)O)cc1. The van der Waals surface area contributed by atoms with Crippen LogP contribution in [-0.2, 0) is 21.8 Å². The number of rotatable bonds is 7. The molecule has 0 amide bonds. The van der Waals surface area contributed by atoms with Gasteiger partial charge in [-0.05, 0) is 12.1 Å². The van der Waals surface area contributed by atoms with E-state index < -0.39 is 16.0 Å². The van der Waals surface area contributed by atoms with Crippen LogP contribution in [-0.4, -0.2) is 48.7 Å². The molecule has 8 nitrogen and oxygen atoms in total. The largest absolute Gasteiger partial charge is 0.478 e. The first-order valence-corrected chi connectivity index (χ1v) is 8.34. The van der Waals surface area contributed by atoms with E-state index in [4.69, 9.17) is 4.74 Å². The monoisotopic (exact) mass is 339 g/mol. The summed E-state index contributed by atoms with van der Waals surface area (Å²) >= 11 is 0. The van der Waals surface area contributed by atoms with E-state index in [2.05, 4.69) is 9.82 Å². The van der Waals surface area contributed by atoms with E-state index in [0.29, 0.717) is 16.9 Å². The van der Waals surface area contributed by atoms with E-state index in [1.54, 1.807) is 31.3 Å². The Morgan fingerprint density at radius 3 is 2.57 bits per heavy atom. The van der Waals surface area contributed by atoms with Crippen LogP contribution in [0, 0.1) is 0 Å². The molecule has 0 aliphatic carbocycles. The second kappa shape index (κ2) is 6.80. The Kier molecular flexibility index (Phi) is 5.02. The van der Waals surface area contributed by atoms with Gasteiger partial charge in [-0.25, -0.2) is 13.2 Å². The molecule has 0 bridgehead atoms. The number of ether oxygens (including phenoxy) is 1. The van der Waals surface area contributed by atoms with Crippen molar-refractivity contribution < 1.29 is 23.1 Å². The number of carboxylic acids is 1. The quantitative estimate of drug-likeness (QED) is 0.783. The number of sulfonamides is 1. The summed E-state index contributed by atoms with van der Waals surface area (Å²) in [5.74, 6) is -1.22. The van der Waals surface area contributed by atoms with Gasteiger partial charge < -0.3 is 9.84 Å². The molecule has 1 aromatic carbocycles. The number of methoxy groups -OCH3 is 1. The van der Waals surface area contributed by atoms with Gasteiger partial charge in [0, 0.05) is 31.6 Å². The highest BCUT2D eigenvalue weighted by molar-refractivity contribution is 7.92. The van der Waals surface area contributed by atoms with E-state index in [1.165, 1.54) is 18.0 Å². The van der Waals surface area contributed by atoms with Gasteiger partial charge in [-0.2, -0.15) is 5.10 Å². The van der Waals surface area contributed by atoms with Gasteiger partial charge in [-0.1, -0.05) is 12.1 Å². The lowest BCUT2D eigenvalue weighted by molar-refractivity contribution is 0.0697. The molecule has 0 radical (unpaired) electrons. The van der Waals surface area contributed by atoms with Gasteiger partial charge in [0.25, 0.3) is 0 Å². The average Bonchev–Trinajstić information content (AvgIpc) is 2.88. The maximum Gasteiger partial charge on any atom is 0.339 e. The molecule has 124 valence electrons. The molecule has 2 N–H and O–H groups in total. The van der Waals surface area contributed by atoms with Crippen LogP contribution in [0.25, 0.3) is 11.3 Å². The number of aryl methyl sites for hydroxylation is 1. The third-order valence-electron chi connectivity index (χ3n) is 3.05.